The minimum absolute atomic E-state index is 0.626. The highest BCUT2D eigenvalue weighted by molar-refractivity contribution is 6.06. The zero-order chi connectivity index (χ0) is 41.2. The van der Waals surface area contributed by atoms with E-state index >= 15 is 0 Å². The van der Waals surface area contributed by atoms with E-state index in [4.69, 9.17) is 9.40 Å². The van der Waals surface area contributed by atoms with Crippen LogP contribution in [0.25, 0.3) is 89.0 Å². The van der Waals surface area contributed by atoms with Gasteiger partial charge in [-0.05, 0) is 111 Å². The van der Waals surface area contributed by atoms with Gasteiger partial charge in [-0.25, -0.2) is 4.98 Å². The molecule has 0 aliphatic heterocycles. The van der Waals surface area contributed by atoms with Crippen molar-refractivity contribution in [2.75, 3.05) is 4.90 Å². The molecule has 0 N–H and O–H groups in total. The van der Waals surface area contributed by atoms with Crippen LogP contribution in [0.15, 0.2) is 247 Å². The average molecular weight is 793 g/mol. The Morgan fingerprint density at radius 2 is 0.823 bits per heavy atom. The lowest BCUT2D eigenvalue weighted by Gasteiger charge is -2.30. The van der Waals surface area contributed by atoms with Gasteiger partial charge in [0, 0.05) is 27.8 Å². The monoisotopic (exact) mass is 792 g/mol. The van der Waals surface area contributed by atoms with Gasteiger partial charge in [0.1, 0.15) is 5.52 Å². The summed E-state index contributed by atoms with van der Waals surface area (Å²) in [4.78, 5) is 7.43. The van der Waals surface area contributed by atoms with E-state index in [0.29, 0.717) is 5.89 Å². The molecule has 11 rings (SSSR count). The van der Waals surface area contributed by atoms with Gasteiger partial charge < -0.3 is 9.32 Å². The molecule has 0 unspecified atom stereocenters. The second-order valence-corrected chi connectivity index (χ2v) is 15.5. The first kappa shape index (κ1) is 36.8. The van der Waals surface area contributed by atoms with Gasteiger partial charge in [0.05, 0.1) is 11.4 Å². The number of fused-ring (bicyclic) bond motifs is 3. The molecule has 0 aliphatic rings. The van der Waals surface area contributed by atoms with Crippen LogP contribution in [0, 0.1) is 0 Å². The number of aromatic nitrogens is 1. The van der Waals surface area contributed by atoms with Gasteiger partial charge in [-0.15, -0.1) is 0 Å². The molecule has 0 amide bonds. The molecule has 0 atom stereocenters. The lowest BCUT2D eigenvalue weighted by Crippen LogP contribution is -2.12. The number of hydrogen-bond donors (Lipinski definition) is 0. The van der Waals surface area contributed by atoms with Gasteiger partial charge in [0.15, 0.2) is 5.58 Å². The molecule has 11 aromatic rings. The first-order chi connectivity index (χ1) is 30.7. The smallest absolute Gasteiger partial charge is 0.227 e. The zero-order valence-corrected chi connectivity index (χ0v) is 33.9. The quantitative estimate of drug-likeness (QED) is 0.146. The first-order valence-corrected chi connectivity index (χ1v) is 21.0. The van der Waals surface area contributed by atoms with E-state index < -0.39 is 0 Å². The number of rotatable bonds is 9. The fraction of sp³-hybridized carbons (Fsp3) is 0. The Hall–Kier alpha value is -8.27. The maximum absolute atomic E-state index is 6.27. The van der Waals surface area contributed by atoms with E-state index in [1.54, 1.807) is 0 Å². The van der Waals surface area contributed by atoms with Crippen molar-refractivity contribution >= 4 is 38.9 Å². The van der Waals surface area contributed by atoms with Gasteiger partial charge in [0.2, 0.25) is 5.89 Å². The van der Waals surface area contributed by atoms with Crippen molar-refractivity contribution in [2.24, 2.45) is 0 Å². The van der Waals surface area contributed by atoms with Crippen molar-refractivity contribution in [3.05, 3.63) is 243 Å². The summed E-state index contributed by atoms with van der Waals surface area (Å²) < 4.78 is 6.27. The molecule has 3 nitrogen and oxygen atoms in total. The number of anilines is 3. The molecular formula is C59H40N2O. The van der Waals surface area contributed by atoms with E-state index in [9.17, 15) is 0 Å². The van der Waals surface area contributed by atoms with Crippen LogP contribution in [-0.2, 0) is 0 Å². The summed E-state index contributed by atoms with van der Waals surface area (Å²) in [6.45, 7) is 0. The average Bonchev–Trinajstić information content (AvgIpc) is 3.81. The third-order valence-corrected chi connectivity index (χ3v) is 11.7. The lowest BCUT2D eigenvalue weighted by molar-refractivity contribution is 0.620. The van der Waals surface area contributed by atoms with Crippen molar-refractivity contribution in [3.8, 4) is 67.1 Å². The second-order valence-electron chi connectivity index (χ2n) is 15.5. The third kappa shape index (κ3) is 7.02. The summed E-state index contributed by atoms with van der Waals surface area (Å²) in [6.07, 6.45) is 0. The van der Waals surface area contributed by atoms with E-state index in [1.165, 1.54) is 22.3 Å². The Kier molecular flexibility index (Phi) is 9.53. The Morgan fingerprint density at radius 3 is 1.55 bits per heavy atom. The summed E-state index contributed by atoms with van der Waals surface area (Å²) in [5.74, 6) is 0.626. The first-order valence-electron chi connectivity index (χ1n) is 21.0. The second kappa shape index (κ2) is 16.1. The molecule has 0 radical (unpaired) electrons. The van der Waals surface area contributed by atoms with Gasteiger partial charge in [-0.2, -0.15) is 0 Å². The van der Waals surface area contributed by atoms with E-state index in [0.717, 1.165) is 77.9 Å². The molecule has 0 spiro atoms. The Balaban J connectivity index is 1.06. The zero-order valence-electron chi connectivity index (χ0n) is 33.9. The third-order valence-electron chi connectivity index (χ3n) is 11.7. The molecule has 0 aliphatic carbocycles. The maximum Gasteiger partial charge on any atom is 0.227 e. The molecule has 10 aromatic carbocycles. The molecule has 0 saturated carbocycles. The van der Waals surface area contributed by atoms with Crippen LogP contribution in [0.2, 0.25) is 0 Å². The van der Waals surface area contributed by atoms with E-state index in [2.05, 4.69) is 211 Å². The van der Waals surface area contributed by atoms with Crippen molar-refractivity contribution in [1.29, 1.82) is 0 Å². The van der Waals surface area contributed by atoms with Crippen molar-refractivity contribution < 1.29 is 4.42 Å². The molecule has 0 bridgehead atoms. The Bertz CT molecular complexity index is 3320. The summed E-state index contributed by atoms with van der Waals surface area (Å²) in [7, 11) is 0. The van der Waals surface area contributed by atoms with Gasteiger partial charge >= 0.3 is 0 Å². The van der Waals surface area contributed by atoms with Gasteiger partial charge in [0.25, 0.3) is 0 Å². The van der Waals surface area contributed by atoms with Gasteiger partial charge in [-0.3, -0.25) is 0 Å². The summed E-state index contributed by atoms with van der Waals surface area (Å²) in [5, 5.41) is 2.19. The van der Waals surface area contributed by atoms with Crippen molar-refractivity contribution in [1.82, 2.24) is 4.98 Å². The fourth-order valence-corrected chi connectivity index (χ4v) is 8.60. The summed E-state index contributed by atoms with van der Waals surface area (Å²) in [5.41, 5.74) is 17.3. The van der Waals surface area contributed by atoms with Crippen LogP contribution >= 0.6 is 0 Å². The van der Waals surface area contributed by atoms with Crippen LogP contribution < -0.4 is 4.90 Å². The van der Waals surface area contributed by atoms with E-state index in [-0.39, 0.29) is 0 Å². The molecule has 292 valence electrons. The van der Waals surface area contributed by atoms with Crippen LogP contribution in [-0.4, -0.2) is 4.98 Å². The standard InChI is InChI=1S/C59H40N2O/c1-5-16-41(17-6-1)43-30-34-51(35-31-43)61(56-36-32-48(42-18-7-2-8-19-42)39-53(56)44-20-9-3-10-21-44)55-27-14-13-26-52(55)50-25-15-24-47(38-50)49-29-28-45-33-37-57-58(54(45)40-49)60-59(62-57)46-22-11-4-12-23-46/h1-40H. The number of nitrogens with zero attached hydrogens (tertiary/aromatic N) is 2. The highest BCUT2D eigenvalue weighted by Gasteiger charge is 2.22. The largest absolute Gasteiger partial charge is 0.436 e. The molecular weight excluding hydrogens is 753 g/mol. The van der Waals surface area contributed by atoms with Crippen LogP contribution in [0.5, 0.6) is 0 Å². The summed E-state index contributed by atoms with van der Waals surface area (Å²) in [6, 6.07) is 86.3. The highest BCUT2D eigenvalue weighted by atomic mass is 16.3. The Labute approximate surface area is 361 Å². The predicted octanol–water partition coefficient (Wildman–Crippen LogP) is 16.5. The van der Waals surface area contributed by atoms with Crippen LogP contribution in [0.3, 0.4) is 0 Å². The maximum atomic E-state index is 6.27. The van der Waals surface area contributed by atoms with Gasteiger partial charge in [-0.1, -0.05) is 182 Å². The minimum Gasteiger partial charge on any atom is -0.436 e. The SMILES string of the molecule is c1ccc(-c2ccc(N(c3ccccc3-c3cccc(-c4ccc5ccc6oc(-c7ccccc7)nc6c5c4)c3)c3ccc(-c4ccccc4)cc3-c3ccccc3)cc2)cc1. The minimum atomic E-state index is 0.626. The summed E-state index contributed by atoms with van der Waals surface area (Å²) >= 11 is 0. The lowest BCUT2D eigenvalue weighted by atomic mass is 9.94. The van der Waals surface area contributed by atoms with Crippen molar-refractivity contribution in [2.45, 2.75) is 0 Å². The Morgan fingerprint density at radius 1 is 0.323 bits per heavy atom. The van der Waals surface area contributed by atoms with Crippen LogP contribution in [0.1, 0.15) is 0 Å². The number of benzene rings is 10. The van der Waals surface area contributed by atoms with E-state index in [1.807, 2.05) is 36.4 Å². The molecule has 0 fully saturated rings. The van der Waals surface area contributed by atoms with Crippen molar-refractivity contribution in [3.63, 3.8) is 0 Å². The molecule has 1 aromatic heterocycles. The topological polar surface area (TPSA) is 29.3 Å². The molecule has 0 saturated heterocycles. The number of oxazole rings is 1. The molecule has 1 heterocycles. The fourth-order valence-electron chi connectivity index (χ4n) is 8.60. The number of hydrogen-bond acceptors (Lipinski definition) is 3. The number of para-hydroxylation sites is 1. The normalized spacial score (nSPS) is 11.2. The predicted molar refractivity (Wildman–Crippen MR) is 259 cm³/mol. The molecule has 3 heteroatoms. The van der Waals surface area contributed by atoms with Crippen LogP contribution in [0.4, 0.5) is 17.1 Å². The molecule has 62 heavy (non-hydrogen) atoms. The highest BCUT2D eigenvalue weighted by Crippen LogP contribution is 2.46.